The number of fused-ring (bicyclic) bond motifs is 1. The molecule has 0 N–H and O–H groups in total. The van der Waals surface area contributed by atoms with Crippen molar-refractivity contribution < 1.29 is 0 Å². The summed E-state index contributed by atoms with van der Waals surface area (Å²) in [4.78, 5) is 6.66. The van der Waals surface area contributed by atoms with E-state index in [4.69, 9.17) is 0 Å². The van der Waals surface area contributed by atoms with Crippen molar-refractivity contribution >= 4 is 41.7 Å². The lowest BCUT2D eigenvalue weighted by Crippen LogP contribution is -2.24. The van der Waals surface area contributed by atoms with E-state index in [0.29, 0.717) is 0 Å². The van der Waals surface area contributed by atoms with E-state index in [9.17, 15) is 0 Å². The van der Waals surface area contributed by atoms with E-state index >= 15 is 0 Å². The van der Waals surface area contributed by atoms with Crippen LogP contribution in [-0.4, -0.2) is 28.9 Å². The lowest BCUT2D eigenvalue weighted by molar-refractivity contribution is 0.473. The van der Waals surface area contributed by atoms with Gasteiger partial charge in [-0.3, -0.25) is 0 Å². The summed E-state index contributed by atoms with van der Waals surface area (Å²) in [7, 11) is 0. The maximum atomic E-state index is 4.31. The van der Waals surface area contributed by atoms with Gasteiger partial charge in [0.15, 0.2) is 5.17 Å². The molecule has 70 valence electrons. The summed E-state index contributed by atoms with van der Waals surface area (Å²) in [5, 5.41) is 1.22. The van der Waals surface area contributed by atoms with Crippen LogP contribution in [0.4, 0.5) is 0 Å². The van der Waals surface area contributed by atoms with Gasteiger partial charge < -0.3 is 4.90 Å². The lowest BCUT2D eigenvalue weighted by atomic mass is 10.4. The second kappa shape index (κ2) is 5.73. The minimum absolute atomic E-state index is 0. The van der Waals surface area contributed by atoms with Crippen molar-refractivity contribution in [2.45, 2.75) is 6.42 Å². The second-order valence-corrected chi connectivity index (χ2v) is 3.48. The third-order valence-electron chi connectivity index (χ3n) is 1.72. The largest absolute Gasteiger partial charge is 0.350 e. The average molecular weight is 227 g/mol. The van der Waals surface area contributed by atoms with Crippen LogP contribution < -0.4 is 0 Å². The van der Waals surface area contributed by atoms with Crippen LogP contribution in [0.1, 0.15) is 6.42 Å². The van der Waals surface area contributed by atoms with E-state index < -0.39 is 0 Å². The highest BCUT2D eigenvalue weighted by atomic mass is 35.5. The molecule has 1 saturated heterocycles. The smallest absolute Gasteiger partial charge is 0.163 e. The molecule has 2 aliphatic heterocycles. The van der Waals surface area contributed by atoms with Crippen LogP contribution in [-0.2, 0) is 0 Å². The number of aliphatic imine (C=N–C) groups is 1. The van der Waals surface area contributed by atoms with Gasteiger partial charge >= 0.3 is 0 Å². The van der Waals surface area contributed by atoms with Crippen molar-refractivity contribution in [3.63, 3.8) is 0 Å². The van der Waals surface area contributed by atoms with Crippen LogP contribution in [0.5, 0.6) is 0 Å². The van der Waals surface area contributed by atoms with Crippen LogP contribution in [0.15, 0.2) is 17.3 Å². The van der Waals surface area contributed by atoms with Crippen molar-refractivity contribution in [1.29, 1.82) is 0 Å². The molecule has 0 radical (unpaired) electrons. The first-order chi connectivity index (χ1) is 4.97. The minimum atomic E-state index is 0. The fourth-order valence-electron chi connectivity index (χ4n) is 1.18. The predicted molar refractivity (Wildman–Crippen MR) is 59.7 cm³/mol. The molecule has 0 amide bonds. The molecule has 2 aliphatic rings. The molecule has 2 nitrogen and oxygen atoms in total. The van der Waals surface area contributed by atoms with Gasteiger partial charge in [0.05, 0.1) is 0 Å². The highest BCUT2D eigenvalue weighted by molar-refractivity contribution is 8.14. The van der Waals surface area contributed by atoms with Gasteiger partial charge in [0, 0.05) is 25.0 Å². The molecule has 0 aromatic carbocycles. The van der Waals surface area contributed by atoms with Gasteiger partial charge in [-0.25, -0.2) is 4.99 Å². The first-order valence-corrected chi connectivity index (χ1v) is 4.56. The molecule has 12 heavy (non-hydrogen) atoms. The highest BCUT2D eigenvalue weighted by Gasteiger charge is 2.18. The molecular weight excluding hydrogens is 215 g/mol. The Labute approximate surface area is 89.3 Å². The molecule has 2 heterocycles. The van der Waals surface area contributed by atoms with Crippen molar-refractivity contribution in [1.82, 2.24) is 4.90 Å². The molecule has 0 aromatic rings. The molecule has 5 heteroatoms. The Morgan fingerprint density at radius 3 is 3.00 bits per heavy atom. The Balaban J connectivity index is 0.000000605. The van der Waals surface area contributed by atoms with Gasteiger partial charge in [-0.15, -0.1) is 24.8 Å². The van der Waals surface area contributed by atoms with Crippen molar-refractivity contribution in [3.05, 3.63) is 12.3 Å². The molecule has 2 rings (SSSR count). The van der Waals surface area contributed by atoms with Crippen LogP contribution in [0.3, 0.4) is 0 Å². The predicted octanol–water partition coefficient (Wildman–Crippen LogP) is 2.15. The number of amidine groups is 1. The van der Waals surface area contributed by atoms with Gasteiger partial charge in [-0.05, 0) is 6.42 Å². The Morgan fingerprint density at radius 1 is 1.33 bits per heavy atom. The second-order valence-electron chi connectivity index (χ2n) is 2.42. The number of hydrogen-bond donors (Lipinski definition) is 0. The maximum Gasteiger partial charge on any atom is 0.163 e. The SMILES string of the molecule is C1=CN=C2SCCN2CC1.Cl.Cl. The van der Waals surface area contributed by atoms with Gasteiger partial charge in [0.2, 0.25) is 0 Å². The Kier molecular flexibility index (Phi) is 5.80. The van der Waals surface area contributed by atoms with Crippen molar-refractivity contribution in [2.75, 3.05) is 18.8 Å². The van der Waals surface area contributed by atoms with Crippen LogP contribution >= 0.6 is 36.6 Å². The van der Waals surface area contributed by atoms with E-state index in [1.54, 1.807) is 0 Å². The molecule has 0 aromatic heterocycles. The standard InChI is InChI=1S/C7H10N2S.2ClH/c1-2-4-9-5-6-10-7(9)8-3-1;;/h1,3H,2,4-6H2;2*1H. The van der Waals surface area contributed by atoms with Crippen LogP contribution in [0.2, 0.25) is 0 Å². The number of rotatable bonds is 0. The monoisotopic (exact) mass is 226 g/mol. The molecule has 0 aliphatic carbocycles. The number of hydrogen-bond acceptors (Lipinski definition) is 3. The number of halogens is 2. The van der Waals surface area contributed by atoms with E-state index in [1.807, 2.05) is 18.0 Å². The number of thioether (sulfide) groups is 1. The molecule has 1 fully saturated rings. The molecule has 0 spiro atoms. The summed E-state index contributed by atoms with van der Waals surface area (Å²) >= 11 is 1.86. The van der Waals surface area contributed by atoms with Gasteiger partial charge in [0.25, 0.3) is 0 Å². The lowest BCUT2D eigenvalue weighted by Gasteiger charge is -2.13. The zero-order valence-corrected chi connectivity index (χ0v) is 9.05. The highest BCUT2D eigenvalue weighted by Crippen LogP contribution is 2.19. The van der Waals surface area contributed by atoms with E-state index in [0.717, 1.165) is 13.0 Å². The van der Waals surface area contributed by atoms with E-state index in [2.05, 4.69) is 16.0 Å². The quantitative estimate of drug-likeness (QED) is 0.630. The van der Waals surface area contributed by atoms with Gasteiger partial charge in [0.1, 0.15) is 0 Å². The van der Waals surface area contributed by atoms with Crippen molar-refractivity contribution in [2.24, 2.45) is 4.99 Å². The summed E-state index contributed by atoms with van der Waals surface area (Å²) in [6.45, 7) is 2.34. The Hall–Kier alpha value is 0.140. The Morgan fingerprint density at radius 2 is 2.17 bits per heavy atom. The molecule has 0 saturated carbocycles. The molecule has 0 atom stereocenters. The van der Waals surface area contributed by atoms with Crippen molar-refractivity contribution in [3.8, 4) is 0 Å². The fourth-order valence-corrected chi connectivity index (χ4v) is 2.18. The first kappa shape index (κ1) is 12.1. The maximum absolute atomic E-state index is 4.31. The zero-order valence-electron chi connectivity index (χ0n) is 6.60. The molecule has 0 unspecified atom stereocenters. The summed E-state index contributed by atoms with van der Waals surface area (Å²) < 4.78 is 0. The summed E-state index contributed by atoms with van der Waals surface area (Å²) in [5.74, 6) is 1.21. The van der Waals surface area contributed by atoms with Crippen LogP contribution in [0.25, 0.3) is 0 Å². The van der Waals surface area contributed by atoms with E-state index in [1.165, 1.54) is 17.5 Å². The first-order valence-electron chi connectivity index (χ1n) is 3.57. The minimum Gasteiger partial charge on any atom is -0.350 e. The van der Waals surface area contributed by atoms with E-state index in [-0.39, 0.29) is 24.8 Å². The summed E-state index contributed by atoms with van der Waals surface area (Å²) in [5.41, 5.74) is 0. The summed E-state index contributed by atoms with van der Waals surface area (Å²) in [6, 6.07) is 0. The molecular formula is C7H12Cl2N2S. The molecule has 0 bridgehead atoms. The topological polar surface area (TPSA) is 15.6 Å². The fraction of sp³-hybridized carbons (Fsp3) is 0.571. The third kappa shape index (κ3) is 2.57. The summed E-state index contributed by atoms with van der Waals surface area (Å²) in [6.07, 6.45) is 5.20. The van der Waals surface area contributed by atoms with Gasteiger partial charge in [-0.2, -0.15) is 0 Å². The van der Waals surface area contributed by atoms with Gasteiger partial charge in [-0.1, -0.05) is 17.8 Å². The third-order valence-corrected chi connectivity index (χ3v) is 2.73. The zero-order chi connectivity index (χ0) is 6.81. The Bertz CT molecular complexity index is 194. The number of nitrogens with zero attached hydrogens (tertiary/aromatic N) is 2. The van der Waals surface area contributed by atoms with Crippen LogP contribution in [0, 0.1) is 0 Å². The normalized spacial score (nSPS) is 20.0. The average Bonchev–Trinajstić information content (AvgIpc) is 2.28.